The highest BCUT2D eigenvalue weighted by Gasteiger charge is 2.52. The lowest BCUT2D eigenvalue weighted by molar-refractivity contribution is 0.0366. The quantitative estimate of drug-likeness (QED) is 0.677. The molecule has 0 aliphatic heterocycles. The van der Waals surface area contributed by atoms with Gasteiger partial charge in [0.2, 0.25) is 0 Å². The van der Waals surface area contributed by atoms with Gasteiger partial charge in [0.1, 0.15) is 0 Å². The fourth-order valence-electron chi connectivity index (χ4n) is 4.36. The summed E-state index contributed by atoms with van der Waals surface area (Å²) in [6.45, 7) is 0. The predicted molar refractivity (Wildman–Crippen MR) is 54.5 cm³/mol. The fourth-order valence-corrected chi connectivity index (χ4v) is 5.74. The van der Waals surface area contributed by atoms with E-state index in [-0.39, 0.29) is 4.75 Å². The molecule has 0 unspecified atom stereocenters. The second-order valence-electron chi connectivity index (χ2n) is 5.48. The van der Waals surface area contributed by atoms with Gasteiger partial charge in [-0.2, -0.15) is 8.78 Å². The van der Waals surface area contributed by atoms with Gasteiger partial charge in [-0.15, -0.1) is 0 Å². The molecule has 0 aromatic carbocycles. The second kappa shape index (κ2) is 3.10. The van der Waals surface area contributed by atoms with Crippen molar-refractivity contribution in [1.82, 2.24) is 0 Å². The first-order valence-corrected chi connectivity index (χ1v) is 6.49. The Labute approximate surface area is 87.8 Å². The van der Waals surface area contributed by atoms with Crippen molar-refractivity contribution in [3.8, 4) is 0 Å². The summed E-state index contributed by atoms with van der Waals surface area (Å²) in [5, 5.41) is 0. The van der Waals surface area contributed by atoms with E-state index in [0.717, 1.165) is 48.8 Å². The summed E-state index contributed by atoms with van der Waals surface area (Å²) >= 11 is 0.979. The number of hydrogen-bond donors (Lipinski definition) is 0. The summed E-state index contributed by atoms with van der Waals surface area (Å²) in [4.78, 5) is 0. The van der Waals surface area contributed by atoms with Crippen LogP contribution in [0.1, 0.15) is 38.5 Å². The van der Waals surface area contributed by atoms with E-state index in [4.69, 9.17) is 0 Å². The molecule has 0 spiro atoms. The minimum atomic E-state index is -2.16. The van der Waals surface area contributed by atoms with Gasteiger partial charge in [-0.05, 0) is 56.3 Å². The molecule has 4 rings (SSSR count). The Hall–Kier alpha value is 0.210. The Morgan fingerprint density at radius 3 is 1.71 bits per heavy atom. The lowest BCUT2D eigenvalue weighted by atomic mass is 9.56. The number of hydrogen-bond acceptors (Lipinski definition) is 1. The van der Waals surface area contributed by atoms with Crippen LogP contribution in [-0.2, 0) is 0 Å². The Morgan fingerprint density at radius 2 is 1.36 bits per heavy atom. The molecule has 4 aliphatic rings. The van der Waals surface area contributed by atoms with Crippen LogP contribution in [0.5, 0.6) is 0 Å². The van der Waals surface area contributed by atoms with E-state index in [1.807, 2.05) is 0 Å². The lowest BCUT2D eigenvalue weighted by Gasteiger charge is -2.56. The van der Waals surface area contributed by atoms with Crippen LogP contribution in [0.3, 0.4) is 0 Å². The Morgan fingerprint density at radius 1 is 0.929 bits per heavy atom. The van der Waals surface area contributed by atoms with E-state index in [0.29, 0.717) is 0 Å². The van der Waals surface area contributed by atoms with E-state index in [1.165, 1.54) is 19.3 Å². The summed E-state index contributed by atoms with van der Waals surface area (Å²) in [6.07, 6.45) is 7.24. The van der Waals surface area contributed by atoms with E-state index < -0.39 is 5.76 Å². The third-order valence-corrected chi connectivity index (χ3v) is 5.50. The molecule has 4 bridgehead atoms. The molecule has 4 aliphatic carbocycles. The SMILES string of the molecule is FC(F)SC12CC3CC(CC(C3)C1)C2. The van der Waals surface area contributed by atoms with Crippen LogP contribution in [0.25, 0.3) is 0 Å². The van der Waals surface area contributed by atoms with Gasteiger partial charge in [-0.3, -0.25) is 0 Å². The average molecular weight is 218 g/mol. The molecular formula is C11H16F2S. The average Bonchev–Trinajstić information content (AvgIpc) is 1.96. The third kappa shape index (κ3) is 1.48. The van der Waals surface area contributed by atoms with Crippen molar-refractivity contribution in [2.75, 3.05) is 0 Å². The predicted octanol–water partition coefficient (Wildman–Crippen LogP) is 3.91. The molecule has 80 valence electrons. The van der Waals surface area contributed by atoms with Crippen LogP contribution in [0, 0.1) is 17.8 Å². The molecule has 0 nitrogen and oxygen atoms in total. The van der Waals surface area contributed by atoms with Crippen molar-refractivity contribution in [3.05, 3.63) is 0 Å². The zero-order chi connectivity index (χ0) is 9.76. The first-order valence-electron chi connectivity index (χ1n) is 5.61. The summed E-state index contributed by atoms with van der Waals surface area (Å²) in [5.74, 6) is 0.193. The highest BCUT2D eigenvalue weighted by Crippen LogP contribution is 2.61. The second-order valence-corrected chi connectivity index (χ2v) is 6.94. The van der Waals surface area contributed by atoms with Gasteiger partial charge in [0, 0.05) is 4.75 Å². The summed E-state index contributed by atoms with van der Waals surface area (Å²) in [5.41, 5.74) is 0. The lowest BCUT2D eigenvalue weighted by Crippen LogP contribution is -2.48. The smallest absolute Gasteiger partial charge is 0.198 e. The normalized spacial score (nSPS) is 50.4. The summed E-state index contributed by atoms with van der Waals surface area (Å²) in [7, 11) is 0. The molecule has 0 aromatic rings. The van der Waals surface area contributed by atoms with Crippen LogP contribution >= 0.6 is 11.8 Å². The standard InChI is InChI=1S/C11H16F2S/c12-10(13)14-11-4-7-1-8(5-11)3-9(2-7)6-11/h7-10H,1-6H2. The van der Waals surface area contributed by atoms with Gasteiger partial charge in [-0.25, -0.2) is 0 Å². The molecular weight excluding hydrogens is 202 g/mol. The van der Waals surface area contributed by atoms with Gasteiger partial charge < -0.3 is 0 Å². The molecule has 3 heteroatoms. The molecule has 14 heavy (non-hydrogen) atoms. The maximum atomic E-state index is 12.5. The zero-order valence-corrected chi connectivity index (χ0v) is 9.03. The van der Waals surface area contributed by atoms with E-state index in [1.54, 1.807) is 0 Å². The highest BCUT2D eigenvalue weighted by molar-refractivity contribution is 8.00. The minimum Gasteiger partial charge on any atom is -0.198 e. The number of alkyl halides is 2. The first-order chi connectivity index (χ1) is 6.65. The molecule has 4 saturated carbocycles. The third-order valence-electron chi connectivity index (χ3n) is 4.32. The molecule has 0 saturated heterocycles. The van der Waals surface area contributed by atoms with E-state index in [2.05, 4.69) is 0 Å². The molecule has 0 N–H and O–H groups in total. The van der Waals surface area contributed by atoms with Crippen LogP contribution < -0.4 is 0 Å². The topological polar surface area (TPSA) is 0 Å². The van der Waals surface area contributed by atoms with Crippen molar-refractivity contribution in [3.63, 3.8) is 0 Å². The van der Waals surface area contributed by atoms with Gasteiger partial charge in [0.05, 0.1) is 0 Å². The van der Waals surface area contributed by atoms with Crippen LogP contribution in [0.4, 0.5) is 8.78 Å². The van der Waals surface area contributed by atoms with Gasteiger partial charge >= 0.3 is 0 Å². The minimum absolute atomic E-state index is 0.0110. The monoisotopic (exact) mass is 218 g/mol. The summed E-state index contributed by atoms with van der Waals surface area (Å²) < 4.78 is 25.0. The maximum absolute atomic E-state index is 12.5. The van der Waals surface area contributed by atoms with Crippen LogP contribution in [-0.4, -0.2) is 10.5 Å². The van der Waals surface area contributed by atoms with Gasteiger partial charge in [0.15, 0.2) is 0 Å². The number of halogens is 2. The Kier molecular flexibility index (Phi) is 2.09. The van der Waals surface area contributed by atoms with E-state index >= 15 is 0 Å². The van der Waals surface area contributed by atoms with Crippen LogP contribution in [0.15, 0.2) is 0 Å². The Balaban J connectivity index is 1.80. The fraction of sp³-hybridized carbons (Fsp3) is 1.00. The summed E-state index contributed by atoms with van der Waals surface area (Å²) in [6, 6.07) is 0. The molecule has 4 fully saturated rings. The van der Waals surface area contributed by atoms with E-state index in [9.17, 15) is 8.78 Å². The van der Waals surface area contributed by atoms with Crippen molar-refractivity contribution < 1.29 is 8.78 Å². The first kappa shape index (κ1) is 9.44. The molecule has 0 aromatic heterocycles. The van der Waals surface area contributed by atoms with Gasteiger partial charge in [0.25, 0.3) is 5.76 Å². The zero-order valence-electron chi connectivity index (χ0n) is 8.22. The Bertz CT molecular complexity index is 198. The largest absolute Gasteiger partial charge is 0.285 e. The molecule has 0 atom stereocenters. The molecule has 0 radical (unpaired) electrons. The van der Waals surface area contributed by atoms with Crippen molar-refractivity contribution >= 4 is 11.8 Å². The molecule has 0 heterocycles. The van der Waals surface area contributed by atoms with Crippen LogP contribution in [0.2, 0.25) is 0 Å². The van der Waals surface area contributed by atoms with Crippen molar-refractivity contribution in [2.45, 2.75) is 49.0 Å². The van der Waals surface area contributed by atoms with Crippen molar-refractivity contribution in [2.24, 2.45) is 17.8 Å². The maximum Gasteiger partial charge on any atom is 0.285 e. The highest BCUT2D eigenvalue weighted by atomic mass is 32.2. The van der Waals surface area contributed by atoms with Gasteiger partial charge in [-0.1, -0.05) is 11.8 Å². The van der Waals surface area contributed by atoms with Crippen molar-refractivity contribution in [1.29, 1.82) is 0 Å². The molecule has 0 amide bonds. The number of thioether (sulfide) groups is 1. The number of rotatable bonds is 2.